The van der Waals surface area contributed by atoms with Gasteiger partial charge in [-0.2, -0.15) is 13.2 Å². The summed E-state index contributed by atoms with van der Waals surface area (Å²) in [5.41, 5.74) is 5.20. The summed E-state index contributed by atoms with van der Waals surface area (Å²) >= 11 is 0. The van der Waals surface area contributed by atoms with E-state index in [2.05, 4.69) is 5.32 Å². The zero-order valence-electron chi connectivity index (χ0n) is 11.7. The number of carbonyl (C=O) groups is 1. The highest BCUT2D eigenvalue weighted by Crippen LogP contribution is 2.36. The van der Waals surface area contributed by atoms with Gasteiger partial charge < -0.3 is 11.1 Å². The SMILES string of the molecule is NCC1(CNC(=O)c2ccc(C(F)(F)F)cc2)CCCC1. The van der Waals surface area contributed by atoms with Crippen molar-refractivity contribution in [3.8, 4) is 0 Å². The molecule has 2 rings (SSSR count). The Balaban J connectivity index is 1.97. The molecule has 116 valence electrons. The number of alkyl halides is 3. The van der Waals surface area contributed by atoms with Gasteiger partial charge in [0.15, 0.2) is 0 Å². The van der Waals surface area contributed by atoms with Gasteiger partial charge in [-0.25, -0.2) is 0 Å². The first-order valence-corrected chi connectivity index (χ1v) is 7.02. The molecule has 3 N–H and O–H groups in total. The highest BCUT2D eigenvalue weighted by molar-refractivity contribution is 5.94. The number of hydrogen-bond acceptors (Lipinski definition) is 2. The second kappa shape index (κ2) is 6.05. The lowest BCUT2D eigenvalue weighted by atomic mass is 9.86. The Morgan fingerprint density at radius 2 is 1.76 bits per heavy atom. The van der Waals surface area contributed by atoms with Gasteiger partial charge in [-0.15, -0.1) is 0 Å². The quantitative estimate of drug-likeness (QED) is 0.898. The lowest BCUT2D eigenvalue weighted by molar-refractivity contribution is -0.137. The lowest BCUT2D eigenvalue weighted by Crippen LogP contribution is -2.40. The second-order valence-corrected chi connectivity index (χ2v) is 5.67. The van der Waals surface area contributed by atoms with Crippen molar-refractivity contribution in [3.05, 3.63) is 35.4 Å². The number of nitrogens with one attached hydrogen (secondary N) is 1. The van der Waals surface area contributed by atoms with Gasteiger partial charge in [-0.1, -0.05) is 12.8 Å². The molecule has 1 aromatic rings. The smallest absolute Gasteiger partial charge is 0.351 e. The van der Waals surface area contributed by atoms with Gasteiger partial charge >= 0.3 is 6.18 Å². The normalized spacial score (nSPS) is 17.7. The Labute approximate surface area is 121 Å². The van der Waals surface area contributed by atoms with Crippen molar-refractivity contribution in [3.63, 3.8) is 0 Å². The molecule has 0 atom stereocenters. The summed E-state index contributed by atoms with van der Waals surface area (Å²) in [6.45, 7) is 0.990. The first-order valence-electron chi connectivity index (χ1n) is 7.02. The molecule has 0 aromatic heterocycles. The summed E-state index contributed by atoms with van der Waals surface area (Å²) in [6.07, 6.45) is -0.212. The van der Waals surface area contributed by atoms with Gasteiger partial charge in [0.1, 0.15) is 0 Å². The molecular weight excluding hydrogens is 281 g/mol. The van der Waals surface area contributed by atoms with Crippen LogP contribution in [0.15, 0.2) is 24.3 Å². The minimum Gasteiger partial charge on any atom is -0.351 e. The summed E-state index contributed by atoms with van der Waals surface area (Å²) in [4.78, 5) is 12.0. The average Bonchev–Trinajstić information content (AvgIpc) is 2.93. The van der Waals surface area contributed by atoms with Crippen molar-refractivity contribution in [1.29, 1.82) is 0 Å². The largest absolute Gasteiger partial charge is 0.416 e. The average molecular weight is 300 g/mol. The van der Waals surface area contributed by atoms with Crippen LogP contribution in [0, 0.1) is 5.41 Å². The third-order valence-electron chi connectivity index (χ3n) is 4.20. The van der Waals surface area contributed by atoms with E-state index in [-0.39, 0.29) is 16.9 Å². The second-order valence-electron chi connectivity index (χ2n) is 5.67. The molecule has 1 fully saturated rings. The number of rotatable bonds is 4. The van der Waals surface area contributed by atoms with Gasteiger partial charge in [-0.05, 0) is 49.1 Å². The van der Waals surface area contributed by atoms with Crippen LogP contribution in [0.4, 0.5) is 13.2 Å². The fourth-order valence-electron chi connectivity index (χ4n) is 2.76. The van der Waals surface area contributed by atoms with Crippen LogP contribution in [0.1, 0.15) is 41.6 Å². The molecule has 6 heteroatoms. The Kier molecular flexibility index (Phi) is 4.56. The predicted molar refractivity (Wildman–Crippen MR) is 73.7 cm³/mol. The van der Waals surface area contributed by atoms with Crippen LogP contribution in [0.3, 0.4) is 0 Å². The Morgan fingerprint density at radius 3 is 2.24 bits per heavy atom. The Bertz CT molecular complexity index is 491. The van der Waals surface area contributed by atoms with Crippen LogP contribution in [-0.2, 0) is 6.18 Å². The van der Waals surface area contributed by atoms with Gasteiger partial charge in [0, 0.05) is 12.1 Å². The van der Waals surface area contributed by atoms with E-state index in [0.717, 1.165) is 37.8 Å². The molecule has 0 bridgehead atoms. The van der Waals surface area contributed by atoms with Crippen LogP contribution in [0.2, 0.25) is 0 Å². The van der Waals surface area contributed by atoms with E-state index in [1.54, 1.807) is 0 Å². The van der Waals surface area contributed by atoms with Crippen LogP contribution >= 0.6 is 0 Å². The van der Waals surface area contributed by atoms with Crippen LogP contribution in [-0.4, -0.2) is 19.0 Å². The van der Waals surface area contributed by atoms with E-state index >= 15 is 0 Å². The van der Waals surface area contributed by atoms with Crippen molar-refractivity contribution in [2.75, 3.05) is 13.1 Å². The number of nitrogens with two attached hydrogens (primary N) is 1. The highest BCUT2D eigenvalue weighted by Gasteiger charge is 2.33. The van der Waals surface area contributed by atoms with Crippen LogP contribution in [0.5, 0.6) is 0 Å². The molecule has 1 aromatic carbocycles. The summed E-state index contributed by atoms with van der Waals surface area (Å²) in [7, 11) is 0. The van der Waals surface area contributed by atoms with E-state index in [1.165, 1.54) is 12.1 Å². The predicted octanol–water partition coefficient (Wildman–Crippen LogP) is 2.95. The van der Waals surface area contributed by atoms with Crippen molar-refractivity contribution in [2.45, 2.75) is 31.9 Å². The topological polar surface area (TPSA) is 55.1 Å². The molecule has 0 saturated heterocycles. The van der Waals surface area contributed by atoms with Gasteiger partial charge in [0.05, 0.1) is 5.56 Å². The van der Waals surface area contributed by atoms with E-state index in [9.17, 15) is 18.0 Å². The fraction of sp³-hybridized carbons (Fsp3) is 0.533. The summed E-state index contributed by atoms with van der Waals surface area (Å²) in [6, 6.07) is 4.23. The number of halogens is 3. The van der Waals surface area contributed by atoms with Crippen molar-refractivity contribution >= 4 is 5.91 Å². The molecule has 0 spiro atoms. The molecule has 1 aliphatic rings. The Morgan fingerprint density at radius 1 is 1.19 bits per heavy atom. The molecule has 1 aliphatic carbocycles. The maximum absolute atomic E-state index is 12.5. The van der Waals surface area contributed by atoms with Crippen molar-refractivity contribution in [2.24, 2.45) is 11.1 Å². The third-order valence-corrected chi connectivity index (χ3v) is 4.20. The van der Waals surface area contributed by atoms with Crippen molar-refractivity contribution < 1.29 is 18.0 Å². The fourth-order valence-corrected chi connectivity index (χ4v) is 2.76. The van der Waals surface area contributed by atoms with Crippen LogP contribution < -0.4 is 11.1 Å². The minimum absolute atomic E-state index is 0.0540. The highest BCUT2D eigenvalue weighted by atomic mass is 19.4. The van der Waals surface area contributed by atoms with E-state index in [0.29, 0.717) is 13.1 Å². The molecule has 0 aliphatic heterocycles. The summed E-state index contributed by atoms with van der Waals surface area (Å²) in [5, 5.41) is 2.79. The molecule has 0 radical (unpaired) electrons. The number of carbonyl (C=O) groups excluding carboxylic acids is 1. The molecule has 21 heavy (non-hydrogen) atoms. The standard InChI is InChI=1S/C15H19F3N2O/c16-15(17,18)12-5-3-11(4-6-12)13(21)20-10-14(9-19)7-1-2-8-14/h3-6H,1-2,7-10,19H2,(H,20,21). The first kappa shape index (κ1) is 15.8. The summed E-state index contributed by atoms with van der Waals surface area (Å²) < 4.78 is 37.4. The van der Waals surface area contributed by atoms with E-state index < -0.39 is 11.7 Å². The first-order chi connectivity index (χ1) is 9.86. The maximum Gasteiger partial charge on any atom is 0.416 e. The third kappa shape index (κ3) is 3.75. The molecule has 3 nitrogen and oxygen atoms in total. The van der Waals surface area contributed by atoms with Crippen LogP contribution in [0.25, 0.3) is 0 Å². The summed E-state index contributed by atoms with van der Waals surface area (Å²) in [5.74, 6) is -0.358. The van der Waals surface area contributed by atoms with Gasteiger partial charge in [0.25, 0.3) is 5.91 Å². The van der Waals surface area contributed by atoms with Gasteiger partial charge in [0.2, 0.25) is 0 Å². The van der Waals surface area contributed by atoms with E-state index in [4.69, 9.17) is 5.73 Å². The zero-order valence-corrected chi connectivity index (χ0v) is 11.7. The monoisotopic (exact) mass is 300 g/mol. The minimum atomic E-state index is -4.39. The van der Waals surface area contributed by atoms with E-state index in [1.807, 2.05) is 0 Å². The molecule has 1 saturated carbocycles. The lowest BCUT2D eigenvalue weighted by Gasteiger charge is -2.27. The number of hydrogen-bond donors (Lipinski definition) is 2. The number of benzene rings is 1. The Hall–Kier alpha value is -1.56. The van der Waals surface area contributed by atoms with Crippen molar-refractivity contribution in [1.82, 2.24) is 5.32 Å². The molecule has 0 heterocycles. The zero-order chi connectivity index (χ0) is 15.5. The molecule has 0 unspecified atom stereocenters. The van der Waals surface area contributed by atoms with Gasteiger partial charge in [-0.3, -0.25) is 4.79 Å². The maximum atomic E-state index is 12.5. The number of amides is 1. The molecular formula is C15H19F3N2O. The molecule has 1 amide bonds.